The highest BCUT2D eigenvalue weighted by Gasteiger charge is 2.32. The molecule has 7 nitrogen and oxygen atoms in total. The molecule has 2 aromatic heterocycles. The molecular formula is C26H36BrN5O2. The minimum atomic E-state index is -0.488. The van der Waals surface area contributed by atoms with Crippen molar-refractivity contribution in [3.05, 3.63) is 52.0 Å². The van der Waals surface area contributed by atoms with Crippen LogP contribution in [0.2, 0.25) is 0 Å². The van der Waals surface area contributed by atoms with Gasteiger partial charge in [0.25, 0.3) is 0 Å². The first-order chi connectivity index (χ1) is 16.1. The molecule has 0 bridgehead atoms. The minimum absolute atomic E-state index is 0.0101. The molecule has 1 saturated heterocycles. The number of aryl methyl sites for hydroxylation is 1. The Morgan fingerprint density at radius 3 is 2.59 bits per heavy atom. The molecule has 34 heavy (non-hydrogen) atoms. The van der Waals surface area contributed by atoms with Gasteiger partial charge in [0.1, 0.15) is 10.2 Å². The van der Waals surface area contributed by atoms with E-state index in [1.165, 1.54) is 18.4 Å². The van der Waals surface area contributed by atoms with Gasteiger partial charge in [0.15, 0.2) is 0 Å². The topological polar surface area (TPSA) is 70.6 Å². The zero-order chi connectivity index (χ0) is 24.5. The van der Waals surface area contributed by atoms with Crippen LogP contribution in [0.3, 0.4) is 0 Å². The van der Waals surface area contributed by atoms with Crippen molar-refractivity contribution in [3.8, 4) is 0 Å². The number of piperazine rings is 1. The maximum absolute atomic E-state index is 12.6. The second-order valence-corrected chi connectivity index (χ2v) is 11.4. The van der Waals surface area contributed by atoms with Crippen LogP contribution in [0.25, 0.3) is 0 Å². The highest BCUT2D eigenvalue weighted by Crippen LogP contribution is 2.39. The van der Waals surface area contributed by atoms with Crippen molar-refractivity contribution in [2.75, 3.05) is 31.5 Å². The number of nitrogens with one attached hydrogen (secondary N) is 1. The smallest absolute Gasteiger partial charge is 0.410 e. The molecular weight excluding hydrogens is 494 g/mol. The first kappa shape index (κ1) is 24.9. The number of carbonyl (C=O) groups is 1. The number of hydrogen-bond acceptors (Lipinski definition) is 6. The Bertz CT molecular complexity index is 1000. The average Bonchev–Trinajstić information content (AvgIpc) is 3.60. The highest BCUT2D eigenvalue weighted by molar-refractivity contribution is 9.10. The summed E-state index contributed by atoms with van der Waals surface area (Å²) in [7, 11) is 0. The van der Waals surface area contributed by atoms with Crippen LogP contribution in [-0.4, -0.2) is 63.7 Å². The molecule has 1 amide bonds. The summed E-state index contributed by atoms with van der Waals surface area (Å²) in [5.74, 6) is 0.688. The number of hydrogen-bond donors (Lipinski definition) is 1. The van der Waals surface area contributed by atoms with Gasteiger partial charge in [0, 0.05) is 38.4 Å². The summed E-state index contributed by atoms with van der Waals surface area (Å²) in [5.41, 5.74) is 3.92. The number of aromatic nitrogens is 2. The number of anilines is 1. The number of halogens is 1. The van der Waals surface area contributed by atoms with Crippen LogP contribution in [0.15, 0.2) is 35.2 Å². The Balaban J connectivity index is 1.46. The van der Waals surface area contributed by atoms with Crippen LogP contribution in [0, 0.1) is 6.92 Å². The predicted octanol–water partition coefficient (Wildman–Crippen LogP) is 5.52. The van der Waals surface area contributed by atoms with E-state index >= 15 is 0 Å². The lowest BCUT2D eigenvalue weighted by atomic mass is 10.1. The molecule has 1 N–H and O–H groups in total. The van der Waals surface area contributed by atoms with Gasteiger partial charge in [-0.05, 0) is 92.6 Å². The molecule has 1 saturated carbocycles. The van der Waals surface area contributed by atoms with Gasteiger partial charge in [-0.25, -0.2) is 9.78 Å². The Kier molecular flexibility index (Phi) is 7.48. The summed E-state index contributed by atoms with van der Waals surface area (Å²) in [6.45, 7) is 12.9. The van der Waals surface area contributed by atoms with Crippen molar-refractivity contribution in [3.63, 3.8) is 0 Å². The van der Waals surface area contributed by atoms with Crippen LogP contribution >= 0.6 is 15.9 Å². The second kappa shape index (κ2) is 10.2. The third-order valence-electron chi connectivity index (χ3n) is 6.35. The third kappa shape index (κ3) is 6.48. The van der Waals surface area contributed by atoms with Gasteiger partial charge < -0.3 is 15.0 Å². The van der Waals surface area contributed by atoms with Gasteiger partial charge in [-0.2, -0.15) is 0 Å². The van der Waals surface area contributed by atoms with Crippen molar-refractivity contribution < 1.29 is 9.53 Å². The van der Waals surface area contributed by atoms with Crippen molar-refractivity contribution in [1.29, 1.82) is 0 Å². The fourth-order valence-electron chi connectivity index (χ4n) is 4.38. The fraction of sp³-hybridized carbons (Fsp3) is 0.577. The number of nitrogens with zero attached hydrogens (tertiary/aromatic N) is 4. The Labute approximate surface area is 211 Å². The zero-order valence-electron chi connectivity index (χ0n) is 20.8. The maximum atomic E-state index is 12.6. The number of pyridine rings is 2. The zero-order valence-corrected chi connectivity index (χ0v) is 22.4. The second-order valence-electron chi connectivity index (χ2n) is 10.6. The van der Waals surface area contributed by atoms with Crippen LogP contribution in [0.4, 0.5) is 10.5 Å². The molecule has 1 aliphatic carbocycles. The summed E-state index contributed by atoms with van der Waals surface area (Å²) in [5, 5.41) is 3.66. The van der Waals surface area contributed by atoms with Gasteiger partial charge >= 0.3 is 6.09 Å². The van der Waals surface area contributed by atoms with Gasteiger partial charge in [0.05, 0.1) is 23.6 Å². The van der Waals surface area contributed by atoms with Gasteiger partial charge in [-0.3, -0.25) is 9.88 Å². The van der Waals surface area contributed by atoms with Gasteiger partial charge in [-0.15, -0.1) is 0 Å². The van der Waals surface area contributed by atoms with Crippen LogP contribution in [0.5, 0.6) is 0 Å². The normalized spacial score (nSPS) is 20.2. The fourth-order valence-corrected chi connectivity index (χ4v) is 4.60. The van der Waals surface area contributed by atoms with Crippen molar-refractivity contribution in [2.45, 2.75) is 71.1 Å². The van der Waals surface area contributed by atoms with E-state index in [1.54, 1.807) is 0 Å². The van der Waals surface area contributed by atoms with E-state index in [1.807, 2.05) is 45.0 Å². The highest BCUT2D eigenvalue weighted by atomic mass is 79.9. The molecule has 2 aromatic rings. The standard InChI is InChI=1S/C26H36BrN5O2/c1-17-12-21(14-29-24(17)27)30-23(22-9-8-20(13-28-22)19-6-7-19)16-31-10-11-32(18(2)15-31)25(33)34-26(3,4)5/h8-9,12-14,18-19,23,30H,6-7,10-11,15-16H2,1-5H3/t18-,23?/m1/s1. The molecule has 3 heterocycles. The number of rotatable bonds is 6. The first-order valence-corrected chi connectivity index (χ1v) is 12.9. The van der Waals surface area contributed by atoms with E-state index in [9.17, 15) is 4.79 Å². The molecule has 1 unspecified atom stereocenters. The van der Waals surface area contributed by atoms with E-state index in [2.05, 4.69) is 56.3 Å². The van der Waals surface area contributed by atoms with Crippen molar-refractivity contribution in [1.82, 2.24) is 19.8 Å². The Hall–Kier alpha value is -2.19. The van der Waals surface area contributed by atoms with E-state index in [0.717, 1.165) is 41.2 Å². The molecule has 2 atom stereocenters. The van der Waals surface area contributed by atoms with E-state index in [4.69, 9.17) is 9.72 Å². The third-order valence-corrected chi connectivity index (χ3v) is 7.18. The lowest BCUT2D eigenvalue weighted by Gasteiger charge is -2.41. The molecule has 0 spiro atoms. The van der Waals surface area contributed by atoms with Crippen molar-refractivity contribution in [2.24, 2.45) is 0 Å². The Morgan fingerprint density at radius 1 is 1.24 bits per heavy atom. The summed E-state index contributed by atoms with van der Waals surface area (Å²) < 4.78 is 6.46. The number of carbonyl (C=O) groups excluding carboxylic acids is 1. The van der Waals surface area contributed by atoms with E-state index in [0.29, 0.717) is 12.5 Å². The largest absolute Gasteiger partial charge is 0.444 e. The van der Waals surface area contributed by atoms with E-state index < -0.39 is 5.60 Å². The van der Waals surface area contributed by atoms with Crippen LogP contribution in [-0.2, 0) is 4.74 Å². The monoisotopic (exact) mass is 529 g/mol. The maximum Gasteiger partial charge on any atom is 0.410 e. The van der Waals surface area contributed by atoms with Crippen LogP contribution in [0.1, 0.15) is 69.3 Å². The van der Waals surface area contributed by atoms with Gasteiger partial charge in [-0.1, -0.05) is 6.07 Å². The molecule has 2 fully saturated rings. The molecule has 4 rings (SSSR count). The average molecular weight is 531 g/mol. The summed E-state index contributed by atoms with van der Waals surface area (Å²) >= 11 is 3.49. The minimum Gasteiger partial charge on any atom is -0.444 e. The lowest BCUT2D eigenvalue weighted by Crippen LogP contribution is -2.55. The molecule has 1 aliphatic heterocycles. The van der Waals surface area contributed by atoms with Crippen LogP contribution < -0.4 is 5.32 Å². The molecule has 184 valence electrons. The number of ether oxygens (including phenoxy) is 1. The Morgan fingerprint density at radius 2 is 2.00 bits per heavy atom. The molecule has 0 aromatic carbocycles. The number of amides is 1. The molecule has 2 aliphatic rings. The van der Waals surface area contributed by atoms with Gasteiger partial charge in [0.2, 0.25) is 0 Å². The van der Waals surface area contributed by atoms with E-state index in [-0.39, 0.29) is 18.2 Å². The lowest BCUT2D eigenvalue weighted by molar-refractivity contribution is 0.00106. The molecule has 0 radical (unpaired) electrons. The SMILES string of the molecule is Cc1cc(NC(CN2CCN(C(=O)OC(C)(C)C)[C@H](C)C2)c2ccc(C3CC3)cn2)cnc1Br. The summed E-state index contributed by atoms with van der Waals surface area (Å²) in [6.07, 6.45) is 6.20. The molecule has 8 heteroatoms. The quantitative estimate of drug-likeness (QED) is 0.496. The summed E-state index contributed by atoms with van der Waals surface area (Å²) in [4.78, 5) is 26.2. The van der Waals surface area contributed by atoms with Crippen molar-refractivity contribution >= 4 is 27.7 Å². The first-order valence-electron chi connectivity index (χ1n) is 12.2. The predicted molar refractivity (Wildman–Crippen MR) is 138 cm³/mol. The summed E-state index contributed by atoms with van der Waals surface area (Å²) in [6, 6.07) is 6.57.